The van der Waals surface area contributed by atoms with Crippen molar-refractivity contribution in [2.24, 2.45) is 0 Å². The summed E-state index contributed by atoms with van der Waals surface area (Å²) in [7, 11) is 0. The van der Waals surface area contributed by atoms with E-state index < -0.39 is 5.82 Å². The van der Waals surface area contributed by atoms with E-state index in [2.05, 4.69) is 5.32 Å². The summed E-state index contributed by atoms with van der Waals surface area (Å²) >= 11 is 0. The molecule has 1 fully saturated rings. The SMILES string of the molecule is Cc1cccc(NC(=O)N2CCN(C(=O)c3ccccc3F)CC2)c1. The van der Waals surface area contributed by atoms with Gasteiger partial charge in [0.25, 0.3) is 5.91 Å². The maximum Gasteiger partial charge on any atom is 0.321 e. The molecule has 1 N–H and O–H groups in total. The summed E-state index contributed by atoms with van der Waals surface area (Å²) in [6.07, 6.45) is 0. The van der Waals surface area contributed by atoms with Crippen LogP contribution in [0.25, 0.3) is 0 Å². The summed E-state index contributed by atoms with van der Waals surface area (Å²) in [6, 6.07) is 13.3. The number of carbonyl (C=O) groups is 2. The highest BCUT2D eigenvalue weighted by Crippen LogP contribution is 2.14. The van der Waals surface area contributed by atoms with Gasteiger partial charge in [0, 0.05) is 31.9 Å². The molecule has 0 unspecified atom stereocenters. The predicted molar refractivity (Wildman–Crippen MR) is 94.1 cm³/mol. The third-order valence-electron chi connectivity index (χ3n) is 4.23. The van der Waals surface area contributed by atoms with E-state index in [1.54, 1.807) is 21.9 Å². The van der Waals surface area contributed by atoms with E-state index in [1.165, 1.54) is 12.1 Å². The largest absolute Gasteiger partial charge is 0.335 e. The quantitative estimate of drug-likeness (QED) is 0.912. The van der Waals surface area contributed by atoms with Gasteiger partial charge in [0.05, 0.1) is 5.56 Å². The number of piperazine rings is 1. The van der Waals surface area contributed by atoms with E-state index in [0.29, 0.717) is 26.2 Å². The van der Waals surface area contributed by atoms with Gasteiger partial charge < -0.3 is 15.1 Å². The Morgan fingerprint density at radius 1 is 0.960 bits per heavy atom. The van der Waals surface area contributed by atoms with Crippen LogP contribution >= 0.6 is 0 Å². The van der Waals surface area contributed by atoms with Crippen molar-refractivity contribution in [2.45, 2.75) is 6.92 Å². The molecule has 0 spiro atoms. The Balaban J connectivity index is 1.57. The number of benzene rings is 2. The van der Waals surface area contributed by atoms with Gasteiger partial charge in [0.2, 0.25) is 0 Å². The number of carbonyl (C=O) groups excluding carboxylic acids is 2. The minimum absolute atomic E-state index is 0.0696. The molecule has 2 aromatic rings. The summed E-state index contributed by atoms with van der Waals surface area (Å²) < 4.78 is 13.8. The number of halogens is 1. The van der Waals surface area contributed by atoms with Crippen LogP contribution in [0.3, 0.4) is 0 Å². The zero-order chi connectivity index (χ0) is 17.8. The van der Waals surface area contributed by atoms with Gasteiger partial charge in [-0.15, -0.1) is 0 Å². The predicted octanol–water partition coefficient (Wildman–Crippen LogP) is 3.12. The number of hydrogen-bond donors (Lipinski definition) is 1. The second kappa shape index (κ2) is 7.34. The van der Waals surface area contributed by atoms with Crippen molar-refractivity contribution in [3.63, 3.8) is 0 Å². The first-order valence-electron chi connectivity index (χ1n) is 8.21. The van der Waals surface area contributed by atoms with Crippen molar-refractivity contribution in [3.8, 4) is 0 Å². The van der Waals surface area contributed by atoms with Gasteiger partial charge >= 0.3 is 6.03 Å². The average molecular weight is 341 g/mol. The minimum atomic E-state index is -0.521. The summed E-state index contributed by atoms with van der Waals surface area (Å²) in [5.74, 6) is -0.857. The molecule has 1 saturated heterocycles. The molecule has 6 heteroatoms. The normalized spacial score (nSPS) is 14.3. The van der Waals surface area contributed by atoms with E-state index in [4.69, 9.17) is 0 Å². The highest BCUT2D eigenvalue weighted by molar-refractivity contribution is 5.95. The molecule has 0 aromatic heterocycles. The third kappa shape index (κ3) is 3.96. The van der Waals surface area contributed by atoms with Crippen LogP contribution in [-0.2, 0) is 0 Å². The zero-order valence-electron chi connectivity index (χ0n) is 14.0. The molecular weight excluding hydrogens is 321 g/mol. The molecule has 2 aromatic carbocycles. The number of amides is 3. The molecule has 0 radical (unpaired) electrons. The van der Waals surface area contributed by atoms with E-state index in [-0.39, 0.29) is 17.5 Å². The molecule has 1 aliphatic heterocycles. The molecule has 0 saturated carbocycles. The van der Waals surface area contributed by atoms with Crippen molar-refractivity contribution in [2.75, 3.05) is 31.5 Å². The van der Waals surface area contributed by atoms with E-state index in [9.17, 15) is 14.0 Å². The fourth-order valence-electron chi connectivity index (χ4n) is 2.84. The van der Waals surface area contributed by atoms with E-state index >= 15 is 0 Å². The lowest BCUT2D eigenvalue weighted by molar-refractivity contribution is 0.0667. The van der Waals surface area contributed by atoms with Gasteiger partial charge in [-0.25, -0.2) is 9.18 Å². The fourth-order valence-corrected chi connectivity index (χ4v) is 2.84. The molecular formula is C19H20FN3O2. The highest BCUT2D eigenvalue weighted by Gasteiger charge is 2.26. The monoisotopic (exact) mass is 341 g/mol. The van der Waals surface area contributed by atoms with Crippen LogP contribution in [0, 0.1) is 12.7 Å². The summed E-state index contributed by atoms with van der Waals surface area (Å²) in [5.41, 5.74) is 1.88. The molecule has 3 rings (SSSR count). The Hall–Kier alpha value is -2.89. The van der Waals surface area contributed by atoms with Gasteiger partial charge in [0.1, 0.15) is 5.82 Å². The summed E-state index contributed by atoms with van der Waals surface area (Å²) in [6.45, 7) is 3.56. The molecule has 0 aliphatic carbocycles. The maximum absolute atomic E-state index is 13.8. The van der Waals surface area contributed by atoms with Crippen molar-refractivity contribution >= 4 is 17.6 Å². The molecule has 0 bridgehead atoms. The van der Waals surface area contributed by atoms with Crippen LogP contribution in [-0.4, -0.2) is 47.9 Å². The first kappa shape index (κ1) is 17.0. The standard InChI is InChI=1S/C19H20FN3O2/c1-14-5-4-6-15(13-14)21-19(25)23-11-9-22(10-12-23)18(24)16-7-2-3-8-17(16)20/h2-8,13H,9-12H2,1H3,(H,21,25). The summed E-state index contributed by atoms with van der Waals surface area (Å²) in [4.78, 5) is 28.0. The number of rotatable bonds is 2. The van der Waals surface area contributed by atoms with E-state index in [0.717, 1.165) is 11.3 Å². The van der Waals surface area contributed by atoms with Crippen LogP contribution in [0.1, 0.15) is 15.9 Å². The van der Waals surface area contributed by atoms with Crippen LogP contribution in [0.5, 0.6) is 0 Å². The number of anilines is 1. The highest BCUT2D eigenvalue weighted by atomic mass is 19.1. The van der Waals surface area contributed by atoms with Gasteiger partial charge in [-0.3, -0.25) is 4.79 Å². The van der Waals surface area contributed by atoms with Crippen molar-refractivity contribution in [3.05, 3.63) is 65.5 Å². The molecule has 25 heavy (non-hydrogen) atoms. The Kier molecular flexibility index (Phi) is 4.97. The molecule has 3 amide bonds. The van der Waals surface area contributed by atoms with Crippen molar-refractivity contribution in [1.82, 2.24) is 9.80 Å². The lowest BCUT2D eigenvalue weighted by Crippen LogP contribution is -2.51. The molecule has 130 valence electrons. The number of nitrogens with one attached hydrogen (secondary N) is 1. The second-order valence-corrected chi connectivity index (χ2v) is 6.06. The zero-order valence-corrected chi connectivity index (χ0v) is 14.0. The van der Waals surface area contributed by atoms with Crippen LogP contribution in [0.2, 0.25) is 0 Å². The van der Waals surface area contributed by atoms with Gasteiger partial charge in [-0.1, -0.05) is 24.3 Å². The van der Waals surface area contributed by atoms with Crippen LogP contribution in [0.15, 0.2) is 48.5 Å². The third-order valence-corrected chi connectivity index (χ3v) is 4.23. The Bertz CT molecular complexity index is 786. The lowest BCUT2D eigenvalue weighted by Gasteiger charge is -2.34. The minimum Gasteiger partial charge on any atom is -0.335 e. The Morgan fingerprint density at radius 3 is 2.32 bits per heavy atom. The summed E-state index contributed by atoms with van der Waals surface area (Å²) in [5, 5.41) is 2.86. The second-order valence-electron chi connectivity index (χ2n) is 6.06. The number of hydrogen-bond acceptors (Lipinski definition) is 2. The maximum atomic E-state index is 13.8. The molecule has 1 aliphatic rings. The van der Waals surface area contributed by atoms with Gasteiger partial charge in [-0.05, 0) is 36.8 Å². The van der Waals surface area contributed by atoms with Gasteiger partial charge in [0.15, 0.2) is 0 Å². The number of urea groups is 1. The molecule has 0 atom stereocenters. The fraction of sp³-hybridized carbons (Fsp3) is 0.263. The van der Waals surface area contributed by atoms with Crippen LogP contribution < -0.4 is 5.32 Å². The van der Waals surface area contributed by atoms with Crippen LogP contribution in [0.4, 0.5) is 14.9 Å². The molecule has 1 heterocycles. The average Bonchev–Trinajstić information content (AvgIpc) is 2.62. The van der Waals surface area contributed by atoms with Gasteiger partial charge in [-0.2, -0.15) is 0 Å². The van der Waals surface area contributed by atoms with Crippen molar-refractivity contribution in [1.29, 1.82) is 0 Å². The Labute approximate surface area is 146 Å². The number of nitrogens with zero attached hydrogens (tertiary/aromatic N) is 2. The first-order valence-corrected chi connectivity index (χ1v) is 8.21. The smallest absolute Gasteiger partial charge is 0.321 e. The van der Waals surface area contributed by atoms with Crippen molar-refractivity contribution < 1.29 is 14.0 Å². The lowest BCUT2D eigenvalue weighted by atomic mass is 10.1. The number of aryl methyl sites for hydroxylation is 1. The first-order chi connectivity index (χ1) is 12.0. The Morgan fingerprint density at radius 2 is 1.64 bits per heavy atom. The van der Waals surface area contributed by atoms with E-state index in [1.807, 2.05) is 31.2 Å². The molecule has 5 nitrogen and oxygen atoms in total. The topological polar surface area (TPSA) is 52.7 Å².